The molecule has 2 rings (SSSR count). The van der Waals surface area contributed by atoms with Crippen LogP contribution >= 0.6 is 0 Å². The van der Waals surface area contributed by atoms with Crippen molar-refractivity contribution in [3.63, 3.8) is 0 Å². The normalized spacial score (nSPS) is 22.1. The number of halogens is 3. The van der Waals surface area contributed by atoms with E-state index in [1.807, 2.05) is 6.07 Å². The van der Waals surface area contributed by atoms with Gasteiger partial charge in [-0.25, -0.2) is 0 Å². The van der Waals surface area contributed by atoms with Gasteiger partial charge >= 0.3 is 6.18 Å². The van der Waals surface area contributed by atoms with E-state index in [9.17, 15) is 13.2 Å². The monoisotopic (exact) mass is 215 g/mol. The average molecular weight is 215 g/mol. The van der Waals surface area contributed by atoms with Crippen LogP contribution in [-0.2, 0) is 0 Å². The van der Waals surface area contributed by atoms with Crippen molar-refractivity contribution in [2.45, 2.75) is 25.1 Å². The summed E-state index contributed by atoms with van der Waals surface area (Å²) in [6, 6.07) is 7.48. The summed E-state index contributed by atoms with van der Waals surface area (Å²) in [5.74, 6) is 0. The van der Waals surface area contributed by atoms with Crippen molar-refractivity contribution in [1.82, 2.24) is 0 Å². The molecule has 1 aliphatic heterocycles. The van der Waals surface area contributed by atoms with Crippen molar-refractivity contribution >= 4 is 5.69 Å². The Morgan fingerprint density at radius 2 is 1.80 bits per heavy atom. The van der Waals surface area contributed by atoms with Crippen LogP contribution in [0.3, 0.4) is 0 Å². The van der Waals surface area contributed by atoms with E-state index in [0.29, 0.717) is 18.7 Å². The van der Waals surface area contributed by atoms with Crippen LogP contribution in [0.5, 0.6) is 0 Å². The van der Waals surface area contributed by atoms with E-state index in [0.717, 1.165) is 0 Å². The highest BCUT2D eigenvalue weighted by Crippen LogP contribution is 2.35. The molecule has 0 bridgehead atoms. The summed E-state index contributed by atoms with van der Waals surface area (Å²) in [7, 11) is 0. The number of benzene rings is 1. The average Bonchev–Trinajstić information content (AvgIpc) is 2.67. The number of nitrogens with zero attached hydrogens (tertiary/aromatic N) is 1. The van der Waals surface area contributed by atoms with Gasteiger partial charge in [-0.1, -0.05) is 18.2 Å². The van der Waals surface area contributed by atoms with Crippen LogP contribution in [-0.4, -0.2) is 18.8 Å². The molecule has 0 radical (unpaired) electrons. The minimum Gasteiger partial charge on any atom is -0.360 e. The Balaban J connectivity index is 2.23. The predicted molar refractivity (Wildman–Crippen MR) is 52.9 cm³/mol. The Morgan fingerprint density at radius 3 is 2.40 bits per heavy atom. The first-order valence-corrected chi connectivity index (χ1v) is 4.97. The molecule has 1 nitrogen and oxygen atoms in total. The van der Waals surface area contributed by atoms with E-state index in [4.69, 9.17) is 0 Å². The van der Waals surface area contributed by atoms with Gasteiger partial charge in [0.25, 0.3) is 0 Å². The smallest absolute Gasteiger partial charge is 0.360 e. The van der Waals surface area contributed by atoms with Gasteiger partial charge in [0.15, 0.2) is 0 Å². The van der Waals surface area contributed by atoms with E-state index in [1.54, 1.807) is 24.3 Å². The zero-order valence-corrected chi connectivity index (χ0v) is 8.17. The van der Waals surface area contributed by atoms with Crippen LogP contribution in [0.15, 0.2) is 30.3 Å². The van der Waals surface area contributed by atoms with Gasteiger partial charge in [0.1, 0.15) is 6.04 Å². The summed E-state index contributed by atoms with van der Waals surface area (Å²) in [6.45, 7) is 0.494. The third kappa shape index (κ3) is 2.08. The van der Waals surface area contributed by atoms with Crippen molar-refractivity contribution in [1.29, 1.82) is 0 Å². The molecule has 0 unspecified atom stereocenters. The van der Waals surface area contributed by atoms with E-state index >= 15 is 0 Å². The molecule has 1 aromatic rings. The molecular formula is C11H12F3N. The fourth-order valence-corrected chi connectivity index (χ4v) is 2.04. The summed E-state index contributed by atoms with van der Waals surface area (Å²) in [5.41, 5.74) is 0.664. The molecule has 15 heavy (non-hydrogen) atoms. The van der Waals surface area contributed by atoms with Gasteiger partial charge in [-0.15, -0.1) is 0 Å². The molecule has 0 N–H and O–H groups in total. The molecule has 1 fully saturated rings. The maximum atomic E-state index is 12.7. The second kappa shape index (κ2) is 3.76. The molecule has 1 saturated heterocycles. The maximum absolute atomic E-state index is 12.7. The lowest BCUT2D eigenvalue weighted by atomic mass is 10.2. The first-order valence-electron chi connectivity index (χ1n) is 4.97. The van der Waals surface area contributed by atoms with E-state index in [1.165, 1.54) is 4.90 Å². The summed E-state index contributed by atoms with van der Waals surface area (Å²) in [6.07, 6.45) is -3.30. The van der Waals surface area contributed by atoms with Crippen molar-refractivity contribution in [3.05, 3.63) is 30.3 Å². The second-order valence-corrected chi connectivity index (χ2v) is 3.73. The zero-order valence-electron chi connectivity index (χ0n) is 8.17. The first kappa shape index (κ1) is 10.3. The van der Waals surface area contributed by atoms with E-state index in [-0.39, 0.29) is 6.42 Å². The van der Waals surface area contributed by atoms with Crippen LogP contribution in [0, 0.1) is 0 Å². The van der Waals surface area contributed by atoms with Crippen LogP contribution in [0.4, 0.5) is 18.9 Å². The Hall–Kier alpha value is -1.19. The molecule has 1 aliphatic rings. The van der Waals surface area contributed by atoms with Crippen LogP contribution in [0.1, 0.15) is 12.8 Å². The van der Waals surface area contributed by atoms with Gasteiger partial charge < -0.3 is 4.90 Å². The molecule has 0 spiro atoms. The largest absolute Gasteiger partial charge is 0.408 e. The number of alkyl halides is 3. The zero-order chi connectivity index (χ0) is 10.9. The number of rotatable bonds is 1. The molecule has 1 heterocycles. The molecule has 0 amide bonds. The van der Waals surface area contributed by atoms with Crippen LogP contribution < -0.4 is 4.90 Å². The van der Waals surface area contributed by atoms with Crippen LogP contribution in [0.25, 0.3) is 0 Å². The summed E-state index contributed by atoms with van der Waals surface area (Å²) in [4.78, 5) is 1.44. The van der Waals surface area contributed by atoms with Gasteiger partial charge in [0, 0.05) is 12.2 Å². The third-order valence-electron chi connectivity index (χ3n) is 2.72. The Kier molecular flexibility index (Phi) is 2.59. The number of para-hydroxylation sites is 1. The van der Waals surface area contributed by atoms with Crippen molar-refractivity contribution in [2.75, 3.05) is 11.4 Å². The van der Waals surface area contributed by atoms with Crippen molar-refractivity contribution < 1.29 is 13.2 Å². The minimum atomic E-state index is -4.12. The fraction of sp³-hybridized carbons (Fsp3) is 0.455. The van der Waals surface area contributed by atoms with Gasteiger partial charge in [-0.2, -0.15) is 13.2 Å². The highest BCUT2D eigenvalue weighted by atomic mass is 19.4. The lowest BCUT2D eigenvalue weighted by molar-refractivity contribution is -0.145. The van der Waals surface area contributed by atoms with Crippen molar-refractivity contribution in [2.24, 2.45) is 0 Å². The molecular weight excluding hydrogens is 203 g/mol. The Labute approximate surface area is 86.5 Å². The second-order valence-electron chi connectivity index (χ2n) is 3.73. The van der Waals surface area contributed by atoms with Crippen molar-refractivity contribution in [3.8, 4) is 0 Å². The third-order valence-corrected chi connectivity index (χ3v) is 2.72. The van der Waals surface area contributed by atoms with Gasteiger partial charge in [-0.3, -0.25) is 0 Å². The standard InChI is InChI=1S/C11H12F3N/c12-11(13,14)10-7-4-8-15(10)9-5-2-1-3-6-9/h1-3,5-6,10H,4,7-8H2/t10-/m0/s1. The highest BCUT2D eigenvalue weighted by Gasteiger charge is 2.45. The molecule has 1 atom stereocenters. The topological polar surface area (TPSA) is 3.24 Å². The lowest BCUT2D eigenvalue weighted by Gasteiger charge is -2.28. The molecule has 0 aromatic heterocycles. The summed E-state index contributed by atoms with van der Waals surface area (Å²) >= 11 is 0. The maximum Gasteiger partial charge on any atom is 0.408 e. The van der Waals surface area contributed by atoms with Crippen LogP contribution in [0.2, 0.25) is 0 Å². The minimum absolute atomic E-state index is 0.207. The molecule has 0 saturated carbocycles. The highest BCUT2D eigenvalue weighted by molar-refractivity contribution is 5.48. The van der Waals surface area contributed by atoms with Gasteiger partial charge in [0.05, 0.1) is 0 Å². The molecule has 1 aromatic carbocycles. The van der Waals surface area contributed by atoms with E-state index in [2.05, 4.69) is 0 Å². The number of hydrogen-bond acceptors (Lipinski definition) is 1. The Bertz CT molecular complexity index is 320. The molecule has 0 aliphatic carbocycles. The Morgan fingerprint density at radius 1 is 1.13 bits per heavy atom. The quantitative estimate of drug-likeness (QED) is 0.695. The molecule has 4 heteroatoms. The van der Waals surface area contributed by atoms with Gasteiger partial charge in [0.2, 0.25) is 0 Å². The first-order chi connectivity index (χ1) is 7.09. The summed E-state index contributed by atoms with van der Waals surface area (Å²) < 4.78 is 38.0. The number of anilines is 1. The predicted octanol–water partition coefficient (Wildman–Crippen LogP) is 3.22. The number of hydrogen-bond donors (Lipinski definition) is 0. The fourth-order valence-electron chi connectivity index (χ4n) is 2.04. The van der Waals surface area contributed by atoms with E-state index < -0.39 is 12.2 Å². The van der Waals surface area contributed by atoms with Gasteiger partial charge in [-0.05, 0) is 25.0 Å². The summed E-state index contributed by atoms with van der Waals surface area (Å²) in [5, 5.41) is 0. The SMILES string of the molecule is FC(F)(F)[C@@H]1CCCN1c1ccccc1. The lowest BCUT2D eigenvalue weighted by Crippen LogP contribution is -2.41. The molecule has 82 valence electrons.